The second kappa shape index (κ2) is 5.02. The summed E-state index contributed by atoms with van der Waals surface area (Å²) in [6, 6.07) is 3.87. The molecule has 0 radical (unpaired) electrons. The molecule has 92 valence electrons. The molecule has 0 saturated heterocycles. The first-order valence-corrected chi connectivity index (χ1v) is 5.87. The number of aliphatic hydroxyl groups is 1. The second-order valence-corrected chi connectivity index (χ2v) is 4.65. The van der Waals surface area contributed by atoms with Crippen LogP contribution in [0.3, 0.4) is 0 Å². The number of carbonyl (C=O) groups is 1. The molecule has 1 aromatic carbocycles. The van der Waals surface area contributed by atoms with Gasteiger partial charge in [0.05, 0.1) is 11.1 Å². The van der Waals surface area contributed by atoms with Gasteiger partial charge >= 0.3 is 0 Å². The highest BCUT2D eigenvalue weighted by molar-refractivity contribution is 6.30. The van der Waals surface area contributed by atoms with Gasteiger partial charge in [-0.15, -0.1) is 0 Å². The van der Waals surface area contributed by atoms with E-state index in [-0.39, 0.29) is 17.1 Å². The van der Waals surface area contributed by atoms with Gasteiger partial charge in [0.1, 0.15) is 5.82 Å². The van der Waals surface area contributed by atoms with Crippen LogP contribution >= 0.6 is 11.6 Å². The average molecular weight is 258 g/mol. The zero-order valence-corrected chi connectivity index (χ0v) is 9.88. The minimum Gasteiger partial charge on any atom is -0.391 e. The highest BCUT2D eigenvalue weighted by atomic mass is 35.5. The number of amides is 1. The number of halogens is 2. The fraction of sp³-hybridized carbons (Fsp3) is 0.417. The van der Waals surface area contributed by atoms with Gasteiger partial charge in [0.2, 0.25) is 0 Å². The fourth-order valence-electron chi connectivity index (χ4n) is 1.58. The Kier molecular flexibility index (Phi) is 3.64. The number of nitrogens with one attached hydrogen (secondary N) is 1. The molecule has 1 aromatic rings. The van der Waals surface area contributed by atoms with Crippen LogP contribution in [0, 0.1) is 11.7 Å². The van der Waals surface area contributed by atoms with Crippen molar-refractivity contribution in [2.24, 2.45) is 5.92 Å². The van der Waals surface area contributed by atoms with Crippen molar-refractivity contribution in [2.45, 2.75) is 18.9 Å². The Balaban J connectivity index is 1.92. The maximum absolute atomic E-state index is 13.1. The van der Waals surface area contributed by atoms with Gasteiger partial charge in [0.15, 0.2) is 0 Å². The second-order valence-electron chi connectivity index (χ2n) is 4.24. The van der Waals surface area contributed by atoms with Crippen LogP contribution < -0.4 is 5.32 Å². The lowest BCUT2D eigenvalue weighted by Crippen LogP contribution is -2.33. The first-order valence-electron chi connectivity index (χ1n) is 5.49. The smallest absolute Gasteiger partial charge is 0.251 e. The summed E-state index contributed by atoms with van der Waals surface area (Å²) in [4.78, 5) is 11.6. The summed E-state index contributed by atoms with van der Waals surface area (Å²) in [5.74, 6) is -0.723. The number of rotatable bonds is 4. The third-order valence-electron chi connectivity index (χ3n) is 2.82. The molecule has 17 heavy (non-hydrogen) atoms. The van der Waals surface area contributed by atoms with Crippen LogP contribution in [0.1, 0.15) is 23.2 Å². The van der Waals surface area contributed by atoms with E-state index >= 15 is 0 Å². The fourth-order valence-corrected chi connectivity index (χ4v) is 1.70. The van der Waals surface area contributed by atoms with E-state index in [0.717, 1.165) is 18.9 Å². The predicted molar refractivity (Wildman–Crippen MR) is 62.5 cm³/mol. The lowest BCUT2D eigenvalue weighted by atomic mass is 10.2. The summed E-state index contributed by atoms with van der Waals surface area (Å²) < 4.78 is 13.1. The molecule has 5 heteroatoms. The molecule has 1 aliphatic rings. The van der Waals surface area contributed by atoms with Gasteiger partial charge in [-0.3, -0.25) is 4.79 Å². The van der Waals surface area contributed by atoms with Crippen molar-refractivity contribution in [3.63, 3.8) is 0 Å². The lowest BCUT2D eigenvalue weighted by Gasteiger charge is -2.10. The van der Waals surface area contributed by atoms with Crippen LogP contribution in [0.4, 0.5) is 4.39 Å². The summed E-state index contributed by atoms with van der Waals surface area (Å²) in [5, 5.41) is 12.1. The van der Waals surface area contributed by atoms with Crippen LogP contribution in [0.15, 0.2) is 18.2 Å². The molecule has 1 saturated carbocycles. The van der Waals surface area contributed by atoms with Crippen molar-refractivity contribution in [3.05, 3.63) is 34.6 Å². The molecular formula is C12H13ClFNO2. The Morgan fingerprint density at radius 3 is 2.88 bits per heavy atom. The van der Waals surface area contributed by atoms with Crippen molar-refractivity contribution in [3.8, 4) is 0 Å². The van der Waals surface area contributed by atoms with Crippen molar-refractivity contribution in [1.29, 1.82) is 0 Å². The van der Waals surface area contributed by atoms with Gasteiger partial charge in [0.25, 0.3) is 5.91 Å². The van der Waals surface area contributed by atoms with E-state index in [1.807, 2.05) is 0 Å². The quantitative estimate of drug-likeness (QED) is 0.867. The SMILES string of the molecule is O=C(NCC(O)C1CC1)c1ccc(Cl)c(F)c1. The molecule has 2 N–H and O–H groups in total. The summed E-state index contributed by atoms with van der Waals surface area (Å²) in [6.45, 7) is 0.202. The first kappa shape index (κ1) is 12.3. The molecule has 1 unspecified atom stereocenters. The maximum Gasteiger partial charge on any atom is 0.251 e. The number of benzene rings is 1. The van der Waals surface area contributed by atoms with Crippen LogP contribution in [0.5, 0.6) is 0 Å². The molecule has 0 heterocycles. The molecule has 1 atom stereocenters. The third kappa shape index (κ3) is 3.17. The molecule has 0 aromatic heterocycles. The van der Waals surface area contributed by atoms with E-state index in [0.29, 0.717) is 5.92 Å². The standard InChI is InChI=1S/C12H13ClFNO2/c13-9-4-3-8(5-10(9)14)12(17)15-6-11(16)7-1-2-7/h3-5,7,11,16H,1-2,6H2,(H,15,17). The van der Waals surface area contributed by atoms with Crippen molar-refractivity contribution in [2.75, 3.05) is 6.54 Å². The number of aliphatic hydroxyl groups excluding tert-OH is 1. The van der Waals surface area contributed by atoms with Crippen LogP contribution in [-0.4, -0.2) is 23.7 Å². The molecule has 2 rings (SSSR count). The predicted octanol–water partition coefficient (Wildman–Crippen LogP) is 1.98. The number of carbonyl (C=O) groups excluding carboxylic acids is 1. The van der Waals surface area contributed by atoms with Crippen LogP contribution in [0.2, 0.25) is 5.02 Å². The van der Waals surface area contributed by atoms with E-state index in [9.17, 15) is 14.3 Å². The van der Waals surface area contributed by atoms with Gasteiger partial charge in [-0.25, -0.2) is 4.39 Å². The molecular weight excluding hydrogens is 245 g/mol. The van der Waals surface area contributed by atoms with E-state index < -0.39 is 17.8 Å². The monoisotopic (exact) mass is 257 g/mol. The Morgan fingerprint density at radius 1 is 1.59 bits per heavy atom. The molecule has 0 spiro atoms. The number of hydrogen-bond donors (Lipinski definition) is 2. The topological polar surface area (TPSA) is 49.3 Å². The summed E-state index contributed by atoms with van der Waals surface area (Å²) in [5.41, 5.74) is 0.204. The minimum absolute atomic E-state index is 0.0143. The average Bonchev–Trinajstić information content (AvgIpc) is 3.13. The Bertz CT molecular complexity index is 435. The minimum atomic E-state index is -0.623. The van der Waals surface area contributed by atoms with Crippen molar-refractivity contribution < 1.29 is 14.3 Å². The summed E-state index contributed by atoms with van der Waals surface area (Å²) in [6.07, 6.45) is 1.51. The van der Waals surface area contributed by atoms with Gasteiger partial charge in [0, 0.05) is 12.1 Å². The Hall–Kier alpha value is -1.13. The maximum atomic E-state index is 13.1. The van der Waals surface area contributed by atoms with Gasteiger partial charge in [-0.1, -0.05) is 11.6 Å². The Morgan fingerprint density at radius 2 is 2.29 bits per heavy atom. The zero-order valence-electron chi connectivity index (χ0n) is 9.12. The highest BCUT2D eigenvalue weighted by Crippen LogP contribution is 2.32. The van der Waals surface area contributed by atoms with E-state index in [1.165, 1.54) is 12.1 Å². The Labute approximate surface area is 104 Å². The van der Waals surface area contributed by atoms with Crippen molar-refractivity contribution >= 4 is 17.5 Å². The van der Waals surface area contributed by atoms with E-state index in [1.54, 1.807) is 0 Å². The molecule has 0 bridgehead atoms. The largest absolute Gasteiger partial charge is 0.391 e. The summed E-state index contributed by atoms with van der Waals surface area (Å²) in [7, 11) is 0. The normalized spacial score (nSPS) is 16.6. The first-order chi connectivity index (χ1) is 8.08. The number of hydrogen-bond acceptors (Lipinski definition) is 2. The summed E-state index contributed by atoms with van der Waals surface area (Å²) >= 11 is 5.52. The van der Waals surface area contributed by atoms with E-state index in [2.05, 4.69) is 5.32 Å². The van der Waals surface area contributed by atoms with Gasteiger partial charge in [-0.05, 0) is 37.0 Å². The highest BCUT2D eigenvalue weighted by Gasteiger charge is 2.29. The third-order valence-corrected chi connectivity index (χ3v) is 3.13. The zero-order chi connectivity index (χ0) is 12.4. The van der Waals surface area contributed by atoms with Gasteiger partial charge < -0.3 is 10.4 Å². The van der Waals surface area contributed by atoms with Crippen molar-refractivity contribution in [1.82, 2.24) is 5.32 Å². The van der Waals surface area contributed by atoms with Crippen LogP contribution in [-0.2, 0) is 0 Å². The molecule has 0 aliphatic heterocycles. The molecule has 1 amide bonds. The molecule has 1 aliphatic carbocycles. The molecule has 3 nitrogen and oxygen atoms in total. The van der Waals surface area contributed by atoms with E-state index in [4.69, 9.17) is 11.6 Å². The van der Waals surface area contributed by atoms with Gasteiger partial charge in [-0.2, -0.15) is 0 Å². The molecule has 1 fully saturated rings. The van der Waals surface area contributed by atoms with Crippen LogP contribution in [0.25, 0.3) is 0 Å². The lowest BCUT2D eigenvalue weighted by molar-refractivity contribution is 0.0900.